The zero-order chi connectivity index (χ0) is 13.7. The number of primary amides is 1. The van der Waals surface area contributed by atoms with Gasteiger partial charge in [0.1, 0.15) is 0 Å². The van der Waals surface area contributed by atoms with Gasteiger partial charge in [-0.1, -0.05) is 0 Å². The van der Waals surface area contributed by atoms with E-state index in [0.717, 1.165) is 5.69 Å². The van der Waals surface area contributed by atoms with Crippen molar-refractivity contribution >= 4 is 23.2 Å². The molecule has 0 aliphatic carbocycles. The SMILES string of the molecule is CN(C)c1ccc(NC(=O)C(N)CC(N)=O)cc1. The van der Waals surface area contributed by atoms with Crippen molar-refractivity contribution in [1.82, 2.24) is 0 Å². The van der Waals surface area contributed by atoms with E-state index in [2.05, 4.69) is 5.32 Å². The van der Waals surface area contributed by atoms with Crippen LogP contribution in [-0.4, -0.2) is 32.0 Å². The van der Waals surface area contributed by atoms with E-state index in [1.807, 2.05) is 31.1 Å². The third-order valence-corrected chi connectivity index (χ3v) is 2.41. The van der Waals surface area contributed by atoms with Gasteiger partial charge in [-0.3, -0.25) is 9.59 Å². The molecule has 1 rings (SSSR count). The molecular weight excluding hydrogens is 232 g/mol. The highest BCUT2D eigenvalue weighted by atomic mass is 16.2. The molecule has 0 saturated carbocycles. The van der Waals surface area contributed by atoms with Crippen molar-refractivity contribution in [1.29, 1.82) is 0 Å². The molecular formula is C12H18N4O2. The number of carbonyl (C=O) groups excluding carboxylic acids is 2. The molecule has 0 spiro atoms. The normalized spacial score (nSPS) is 11.7. The van der Waals surface area contributed by atoms with Crippen LogP contribution in [0, 0.1) is 0 Å². The lowest BCUT2D eigenvalue weighted by Gasteiger charge is -2.14. The van der Waals surface area contributed by atoms with E-state index >= 15 is 0 Å². The topological polar surface area (TPSA) is 101 Å². The van der Waals surface area contributed by atoms with Crippen LogP contribution in [0.4, 0.5) is 11.4 Å². The van der Waals surface area contributed by atoms with Gasteiger partial charge in [0.05, 0.1) is 12.5 Å². The Hall–Kier alpha value is -2.08. The number of benzene rings is 1. The fourth-order valence-electron chi connectivity index (χ4n) is 1.39. The molecule has 0 saturated heterocycles. The Bertz CT molecular complexity index is 428. The molecule has 1 aromatic rings. The van der Waals surface area contributed by atoms with E-state index in [-0.39, 0.29) is 6.42 Å². The quantitative estimate of drug-likeness (QED) is 0.678. The molecule has 0 aliphatic rings. The van der Waals surface area contributed by atoms with E-state index in [9.17, 15) is 9.59 Å². The van der Waals surface area contributed by atoms with Crippen LogP contribution >= 0.6 is 0 Å². The molecule has 0 radical (unpaired) electrons. The van der Waals surface area contributed by atoms with Crippen LogP contribution in [0.2, 0.25) is 0 Å². The fraction of sp³-hybridized carbons (Fsp3) is 0.333. The van der Waals surface area contributed by atoms with Crippen molar-refractivity contribution in [3.05, 3.63) is 24.3 Å². The first-order valence-electron chi connectivity index (χ1n) is 5.52. The van der Waals surface area contributed by atoms with Crippen LogP contribution in [0.25, 0.3) is 0 Å². The first kappa shape index (κ1) is 14.0. The number of carbonyl (C=O) groups is 2. The van der Waals surface area contributed by atoms with E-state index in [0.29, 0.717) is 5.69 Å². The van der Waals surface area contributed by atoms with E-state index in [4.69, 9.17) is 11.5 Å². The number of nitrogens with two attached hydrogens (primary N) is 2. The molecule has 5 N–H and O–H groups in total. The molecule has 1 aromatic carbocycles. The third kappa shape index (κ3) is 4.06. The first-order valence-corrected chi connectivity index (χ1v) is 5.52. The average Bonchev–Trinajstić information content (AvgIpc) is 2.28. The predicted molar refractivity (Wildman–Crippen MR) is 71.2 cm³/mol. The smallest absolute Gasteiger partial charge is 0.241 e. The summed E-state index contributed by atoms with van der Waals surface area (Å²) in [5.74, 6) is -1.02. The fourth-order valence-corrected chi connectivity index (χ4v) is 1.39. The van der Waals surface area contributed by atoms with Gasteiger partial charge in [0, 0.05) is 25.5 Å². The molecule has 6 nitrogen and oxygen atoms in total. The lowest BCUT2D eigenvalue weighted by atomic mass is 10.2. The molecule has 0 aliphatic heterocycles. The van der Waals surface area contributed by atoms with E-state index < -0.39 is 17.9 Å². The Morgan fingerprint density at radius 1 is 1.28 bits per heavy atom. The molecule has 18 heavy (non-hydrogen) atoms. The lowest BCUT2D eigenvalue weighted by molar-refractivity contribution is -0.123. The Balaban J connectivity index is 2.62. The Labute approximate surface area is 106 Å². The average molecular weight is 250 g/mol. The molecule has 6 heteroatoms. The van der Waals surface area contributed by atoms with Gasteiger partial charge < -0.3 is 21.7 Å². The summed E-state index contributed by atoms with van der Waals surface area (Å²) >= 11 is 0. The summed E-state index contributed by atoms with van der Waals surface area (Å²) in [5, 5.41) is 2.62. The Kier molecular flexibility index (Phi) is 4.67. The minimum Gasteiger partial charge on any atom is -0.378 e. The molecule has 0 bridgehead atoms. The standard InChI is InChI=1S/C12H18N4O2/c1-16(2)9-5-3-8(4-6-9)15-12(18)10(13)7-11(14)17/h3-6,10H,7,13H2,1-2H3,(H2,14,17)(H,15,18). The Morgan fingerprint density at radius 3 is 2.28 bits per heavy atom. The molecule has 98 valence electrons. The van der Waals surface area contributed by atoms with Gasteiger partial charge >= 0.3 is 0 Å². The van der Waals surface area contributed by atoms with Crippen molar-refractivity contribution in [2.75, 3.05) is 24.3 Å². The maximum absolute atomic E-state index is 11.6. The summed E-state index contributed by atoms with van der Waals surface area (Å²) in [6.07, 6.45) is -0.165. The van der Waals surface area contributed by atoms with Gasteiger partial charge in [0.2, 0.25) is 11.8 Å². The molecule has 1 unspecified atom stereocenters. The monoisotopic (exact) mass is 250 g/mol. The minimum absolute atomic E-state index is 0.165. The minimum atomic E-state index is -0.920. The summed E-state index contributed by atoms with van der Waals surface area (Å²) in [4.78, 5) is 24.2. The van der Waals surface area contributed by atoms with E-state index in [1.165, 1.54) is 0 Å². The number of nitrogens with one attached hydrogen (secondary N) is 1. The summed E-state index contributed by atoms with van der Waals surface area (Å²) in [6, 6.07) is 6.36. The molecule has 0 heterocycles. The second-order valence-corrected chi connectivity index (χ2v) is 4.21. The maximum atomic E-state index is 11.6. The summed E-state index contributed by atoms with van der Waals surface area (Å²) in [7, 11) is 3.85. The van der Waals surface area contributed by atoms with Crippen molar-refractivity contribution < 1.29 is 9.59 Å². The van der Waals surface area contributed by atoms with Crippen LogP contribution in [0.3, 0.4) is 0 Å². The largest absolute Gasteiger partial charge is 0.378 e. The van der Waals surface area contributed by atoms with Crippen LogP contribution in [0.5, 0.6) is 0 Å². The number of amides is 2. The zero-order valence-electron chi connectivity index (χ0n) is 10.5. The van der Waals surface area contributed by atoms with Gasteiger partial charge in [-0.25, -0.2) is 0 Å². The second-order valence-electron chi connectivity index (χ2n) is 4.21. The number of nitrogens with zero attached hydrogens (tertiary/aromatic N) is 1. The zero-order valence-corrected chi connectivity index (χ0v) is 10.5. The Morgan fingerprint density at radius 2 is 1.83 bits per heavy atom. The van der Waals surface area contributed by atoms with Crippen molar-refractivity contribution in [3.8, 4) is 0 Å². The highest BCUT2D eigenvalue weighted by Gasteiger charge is 2.15. The van der Waals surface area contributed by atoms with Gasteiger partial charge in [-0.2, -0.15) is 0 Å². The highest BCUT2D eigenvalue weighted by Crippen LogP contribution is 2.15. The van der Waals surface area contributed by atoms with Gasteiger partial charge in [0.15, 0.2) is 0 Å². The van der Waals surface area contributed by atoms with Crippen LogP contribution < -0.4 is 21.7 Å². The second kappa shape index (κ2) is 6.02. The molecule has 1 atom stereocenters. The van der Waals surface area contributed by atoms with E-state index in [1.54, 1.807) is 12.1 Å². The lowest BCUT2D eigenvalue weighted by Crippen LogP contribution is -2.38. The summed E-state index contributed by atoms with van der Waals surface area (Å²) < 4.78 is 0. The van der Waals surface area contributed by atoms with Gasteiger partial charge in [-0.15, -0.1) is 0 Å². The van der Waals surface area contributed by atoms with Crippen LogP contribution in [0.1, 0.15) is 6.42 Å². The summed E-state index contributed by atoms with van der Waals surface area (Å²) in [5.41, 5.74) is 12.1. The highest BCUT2D eigenvalue weighted by molar-refractivity contribution is 5.97. The molecule has 0 fully saturated rings. The third-order valence-electron chi connectivity index (χ3n) is 2.41. The van der Waals surface area contributed by atoms with Gasteiger partial charge in [0.25, 0.3) is 0 Å². The number of hydrogen-bond acceptors (Lipinski definition) is 4. The van der Waals surface area contributed by atoms with Crippen LogP contribution in [0.15, 0.2) is 24.3 Å². The number of hydrogen-bond donors (Lipinski definition) is 3. The summed E-state index contributed by atoms with van der Waals surface area (Å²) in [6.45, 7) is 0. The number of anilines is 2. The molecule has 2 amide bonds. The van der Waals surface area contributed by atoms with Gasteiger partial charge in [-0.05, 0) is 24.3 Å². The van der Waals surface area contributed by atoms with Crippen LogP contribution in [-0.2, 0) is 9.59 Å². The molecule has 0 aromatic heterocycles. The maximum Gasteiger partial charge on any atom is 0.241 e. The number of rotatable bonds is 5. The predicted octanol–water partition coefficient (Wildman–Crippen LogP) is -0.106. The van der Waals surface area contributed by atoms with Crippen molar-refractivity contribution in [3.63, 3.8) is 0 Å². The first-order chi connectivity index (χ1) is 8.40. The van der Waals surface area contributed by atoms with Crippen molar-refractivity contribution in [2.45, 2.75) is 12.5 Å². The van der Waals surface area contributed by atoms with Crippen molar-refractivity contribution in [2.24, 2.45) is 11.5 Å².